The van der Waals surface area contributed by atoms with Crippen molar-refractivity contribution >= 4 is 0 Å². The molecule has 6 heteroatoms. The summed E-state index contributed by atoms with van der Waals surface area (Å²) in [7, 11) is 0. The first kappa shape index (κ1) is 23.4. The smallest absolute Gasteiger partial charge is 0.544 e. The Hall–Kier alpha value is 1.70. The molecule has 0 unspecified atom stereocenters. The van der Waals surface area contributed by atoms with Crippen LogP contribution in [0.15, 0.2) is 0 Å². The van der Waals surface area contributed by atoms with Crippen molar-refractivity contribution in [3.05, 3.63) is 6.57 Å². The number of hydrogen-bond donors (Lipinski definition) is 0. The molecule has 0 bridgehead atoms. The fraction of sp³-hybridized carbons (Fsp3) is 0. The van der Waals surface area contributed by atoms with Gasteiger partial charge in [0.2, 0.25) is 0 Å². The summed E-state index contributed by atoms with van der Waals surface area (Å²) in [5.41, 5.74) is 0. The summed E-state index contributed by atoms with van der Waals surface area (Å²) in [5.74, 6) is 0. The third-order valence-electron chi connectivity index (χ3n) is 0. The first-order valence-electron chi connectivity index (χ1n) is 0.532. The number of nitrogens with zero attached hydrogens (tertiary/aromatic N) is 1. The van der Waals surface area contributed by atoms with Gasteiger partial charge in [-0.25, -0.2) is 0 Å². The van der Waals surface area contributed by atoms with Crippen molar-refractivity contribution in [2.24, 2.45) is 0 Å². The van der Waals surface area contributed by atoms with E-state index in [1.165, 1.54) is 0 Å². The molecule has 0 saturated heterocycles. The van der Waals surface area contributed by atoms with Crippen molar-refractivity contribution in [2.45, 2.75) is 0 Å². The molecule has 0 spiro atoms. The second kappa shape index (κ2) is 47.4. The minimum absolute atomic E-state index is 0. The zero-order chi connectivity index (χ0) is 4.71. The summed E-state index contributed by atoms with van der Waals surface area (Å²) in [6.45, 7) is 4.75. The molecule has 0 aliphatic rings. The predicted octanol–water partition coefficient (Wildman–Crippen LogP) is -8.27. The first-order chi connectivity index (χ1) is 2.41. The molecule has 3 nitrogen and oxygen atoms in total. The molecule has 0 saturated carbocycles. The molecule has 0 aromatic heterocycles. The molecule has 0 fully saturated rings. The van der Waals surface area contributed by atoms with E-state index in [1.54, 1.807) is 0 Å². The Kier molecular flexibility index (Phi) is 158. The van der Waals surface area contributed by atoms with E-state index in [4.69, 9.17) is 21.2 Å². The van der Waals surface area contributed by atoms with Crippen LogP contribution in [0, 0.1) is 23.2 Å². The van der Waals surface area contributed by atoms with Gasteiger partial charge in [0.25, 0.3) is 0 Å². The van der Waals surface area contributed by atoms with Crippen molar-refractivity contribution in [1.29, 1.82) is 5.26 Å². The van der Waals surface area contributed by atoms with E-state index < -0.39 is 11.3 Å². The standard InChI is InChI=1S/CN.ClO2.2Na/c1-2;2-1-3;;/q2*-1;2*+1. The van der Waals surface area contributed by atoms with Crippen LogP contribution >= 0.6 is 0 Å². The van der Waals surface area contributed by atoms with Crippen LogP contribution < -0.4 is 68.4 Å². The number of hydrogen-bond acceptors (Lipinski definition) is 3. The molecule has 0 aromatic rings. The largest absolute Gasteiger partial charge is 1.00 e. The molecule has 0 aliphatic carbocycles. The second-order valence-corrected chi connectivity index (χ2v) is 0.189. The number of halogens is 1. The van der Waals surface area contributed by atoms with Crippen LogP contribution in [0.5, 0.6) is 0 Å². The van der Waals surface area contributed by atoms with Crippen molar-refractivity contribution in [2.75, 3.05) is 0 Å². The van der Waals surface area contributed by atoms with Gasteiger partial charge >= 0.3 is 59.1 Å². The summed E-state index contributed by atoms with van der Waals surface area (Å²) in [4.78, 5) is 0. The summed E-state index contributed by atoms with van der Waals surface area (Å²) < 4.78 is 16.5. The van der Waals surface area contributed by atoms with Gasteiger partial charge in [-0.2, -0.15) is 0 Å². The van der Waals surface area contributed by atoms with E-state index in [0.717, 1.165) is 0 Å². The monoisotopic (exact) mass is 139 g/mol. The molecule has 0 N–H and O–H groups in total. The minimum Gasteiger partial charge on any atom is -0.544 e. The fourth-order valence-corrected chi connectivity index (χ4v) is 0. The number of rotatable bonds is 0. The molecule has 0 radical (unpaired) electrons. The van der Waals surface area contributed by atoms with Crippen LogP contribution in [0.3, 0.4) is 0 Å². The van der Waals surface area contributed by atoms with Gasteiger partial charge in [-0.15, -0.1) is 0 Å². The van der Waals surface area contributed by atoms with Crippen LogP contribution in [0.25, 0.3) is 0 Å². The summed E-state index contributed by atoms with van der Waals surface area (Å²) in [5, 5.41) is 6.25. The zero-order valence-electron chi connectivity index (χ0n) is 4.14. The van der Waals surface area contributed by atoms with E-state index in [1.807, 2.05) is 0 Å². The Labute approximate surface area is 90.4 Å². The van der Waals surface area contributed by atoms with Crippen molar-refractivity contribution in [3.63, 3.8) is 0 Å². The van der Waals surface area contributed by atoms with Gasteiger partial charge in [-0.1, -0.05) is 0 Å². The average molecular weight is 139 g/mol. The molecule has 0 heterocycles. The zero-order valence-corrected chi connectivity index (χ0v) is 8.90. The predicted molar refractivity (Wildman–Crippen MR) is 4.97 cm³/mol. The molecule has 0 aliphatic heterocycles. The van der Waals surface area contributed by atoms with Crippen LogP contribution in [0.2, 0.25) is 0 Å². The van der Waals surface area contributed by atoms with Crippen LogP contribution in [0.1, 0.15) is 0 Å². The Morgan fingerprint density at radius 2 is 1.14 bits per heavy atom. The summed E-state index contributed by atoms with van der Waals surface area (Å²) in [6.07, 6.45) is 0. The van der Waals surface area contributed by atoms with E-state index >= 15 is 0 Å². The molecular formula is CClNNa2O2. The van der Waals surface area contributed by atoms with Crippen LogP contribution in [-0.4, -0.2) is 0 Å². The summed E-state index contributed by atoms with van der Waals surface area (Å²) >= 11 is -0.417. The maximum atomic E-state index is 8.24. The van der Waals surface area contributed by atoms with Crippen molar-refractivity contribution < 1.29 is 79.8 Å². The third-order valence-corrected chi connectivity index (χ3v) is 0. The second-order valence-electron chi connectivity index (χ2n) is 0.0630. The fourth-order valence-electron chi connectivity index (χ4n) is 0. The van der Waals surface area contributed by atoms with Crippen molar-refractivity contribution in [3.8, 4) is 0 Å². The van der Waals surface area contributed by atoms with Gasteiger partial charge in [0, 0.05) is 0 Å². The molecule has 0 amide bonds. The SMILES string of the molecule is [C-]#N.[Na+].[Na+].[O-][Cl+][O-]. The Bertz CT molecular complexity index is 26.9. The molecule has 0 aromatic carbocycles. The van der Waals surface area contributed by atoms with Gasteiger partial charge in [-0.05, 0) is 0 Å². The minimum atomic E-state index is -0.417. The molecular weight excluding hydrogens is 139 g/mol. The average Bonchev–Trinajstić information content (AvgIpc) is 1.46. The van der Waals surface area contributed by atoms with Gasteiger partial charge in [0.05, 0.1) is 11.3 Å². The van der Waals surface area contributed by atoms with E-state index in [2.05, 4.69) is 0 Å². The van der Waals surface area contributed by atoms with E-state index in [-0.39, 0.29) is 59.1 Å². The van der Waals surface area contributed by atoms with E-state index in [0.29, 0.717) is 0 Å². The van der Waals surface area contributed by atoms with Gasteiger partial charge < -0.3 is 21.2 Å². The molecule has 7 heavy (non-hydrogen) atoms. The summed E-state index contributed by atoms with van der Waals surface area (Å²) in [6, 6.07) is 0. The van der Waals surface area contributed by atoms with Crippen LogP contribution in [0.4, 0.5) is 0 Å². The first-order valence-corrected chi connectivity index (χ1v) is 1.15. The molecule has 0 atom stereocenters. The maximum absolute atomic E-state index is 8.24. The van der Waals surface area contributed by atoms with Gasteiger partial charge in [0.15, 0.2) is 0 Å². The Balaban J connectivity index is -0.0000000105. The normalized spacial score (nSPS) is 2.86. The quantitative estimate of drug-likeness (QED) is 0.247. The maximum Gasteiger partial charge on any atom is 1.00 e. The third kappa shape index (κ3) is 86.6. The molecule has 0 rings (SSSR count). The Morgan fingerprint density at radius 1 is 1.14 bits per heavy atom. The topological polar surface area (TPSA) is 69.9 Å². The van der Waals surface area contributed by atoms with Gasteiger partial charge in [0.1, 0.15) is 0 Å². The Morgan fingerprint density at radius 3 is 1.14 bits per heavy atom. The van der Waals surface area contributed by atoms with Gasteiger partial charge in [-0.3, -0.25) is 0 Å². The van der Waals surface area contributed by atoms with E-state index in [9.17, 15) is 0 Å². The van der Waals surface area contributed by atoms with Crippen LogP contribution in [-0.2, 0) is 0 Å². The molecule has 30 valence electrons. The van der Waals surface area contributed by atoms with Crippen molar-refractivity contribution in [1.82, 2.24) is 0 Å².